The summed E-state index contributed by atoms with van der Waals surface area (Å²) >= 11 is 0.911. The summed E-state index contributed by atoms with van der Waals surface area (Å²) in [4.78, 5) is 56.3. The quantitative estimate of drug-likeness (QED) is 0.386. The highest BCUT2D eigenvalue weighted by atomic mass is 35.5. The predicted octanol–water partition coefficient (Wildman–Crippen LogP) is 2.06. The molecule has 1 atom stereocenters. The van der Waals surface area contributed by atoms with Crippen molar-refractivity contribution in [1.29, 1.82) is 0 Å². The number of halogens is 1. The number of benzene rings is 1. The highest BCUT2D eigenvalue weighted by molar-refractivity contribution is 8.00. The molecule has 160 valence electrons. The summed E-state index contributed by atoms with van der Waals surface area (Å²) in [6, 6.07) is 5.96. The van der Waals surface area contributed by atoms with Gasteiger partial charge in [-0.15, -0.1) is 12.4 Å². The average Bonchev–Trinajstić information content (AvgIpc) is 2.95. The van der Waals surface area contributed by atoms with Crippen LogP contribution in [-0.4, -0.2) is 44.7 Å². The number of imide groups is 1. The second kappa shape index (κ2) is 9.77. The van der Waals surface area contributed by atoms with Crippen molar-refractivity contribution in [3.05, 3.63) is 45.7 Å². The molecule has 2 amide bonds. The number of aromatic amines is 1. The molecule has 1 fully saturated rings. The van der Waals surface area contributed by atoms with E-state index in [9.17, 15) is 24.3 Å². The number of hydrogen-bond donors (Lipinski definition) is 2. The maximum atomic E-state index is 12.7. The van der Waals surface area contributed by atoms with E-state index in [0.29, 0.717) is 17.7 Å². The van der Waals surface area contributed by atoms with E-state index in [4.69, 9.17) is 4.74 Å². The number of amides is 2. The third-order valence-corrected chi connectivity index (χ3v) is 5.39. The van der Waals surface area contributed by atoms with E-state index in [2.05, 4.69) is 9.97 Å². The Morgan fingerprint density at radius 2 is 1.93 bits per heavy atom. The molecule has 2 aromatic rings. The number of nitrogens with one attached hydrogen (secondary N) is 1. The highest BCUT2D eigenvalue weighted by Gasteiger charge is 2.40. The zero-order chi connectivity index (χ0) is 21.1. The lowest BCUT2D eigenvalue weighted by atomic mass is 10.2. The van der Waals surface area contributed by atoms with Crippen molar-refractivity contribution >= 4 is 47.6 Å². The lowest BCUT2D eigenvalue weighted by Crippen LogP contribution is -2.31. The normalized spacial score (nSPS) is 15.8. The van der Waals surface area contributed by atoms with Crippen molar-refractivity contribution in [1.82, 2.24) is 9.97 Å². The number of esters is 1. The van der Waals surface area contributed by atoms with E-state index < -0.39 is 28.6 Å². The number of rotatable bonds is 6. The summed E-state index contributed by atoms with van der Waals surface area (Å²) in [6.45, 7) is 3.65. The summed E-state index contributed by atoms with van der Waals surface area (Å²) in [5.41, 5.74) is 0.327. The second-order valence-electron chi connectivity index (χ2n) is 6.17. The van der Waals surface area contributed by atoms with Gasteiger partial charge in [0.15, 0.2) is 5.16 Å². The number of H-pyrrole nitrogens is 1. The Labute approximate surface area is 182 Å². The van der Waals surface area contributed by atoms with Gasteiger partial charge in [-0.3, -0.25) is 14.4 Å². The Balaban J connectivity index is 0.00000320. The molecule has 9 nitrogen and oxygen atoms in total. The summed E-state index contributed by atoms with van der Waals surface area (Å²) in [6.07, 6.45) is 0.235. The van der Waals surface area contributed by atoms with Crippen LogP contribution < -0.4 is 10.5 Å². The van der Waals surface area contributed by atoms with Gasteiger partial charge in [0.05, 0.1) is 23.4 Å². The van der Waals surface area contributed by atoms with Crippen LogP contribution in [0.5, 0.6) is 5.88 Å². The van der Waals surface area contributed by atoms with Gasteiger partial charge in [0.2, 0.25) is 17.7 Å². The topological polar surface area (TPSA) is 130 Å². The van der Waals surface area contributed by atoms with Crippen molar-refractivity contribution in [2.24, 2.45) is 0 Å². The smallest absolute Gasteiger partial charge is 0.338 e. The Hall–Kier alpha value is -2.85. The Morgan fingerprint density at radius 1 is 1.27 bits per heavy atom. The zero-order valence-corrected chi connectivity index (χ0v) is 17.8. The molecule has 0 bridgehead atoms. The molecule has 0 aliphatic carbocycles. The number of ether oxygens (including phenoxy) is 1. The second-order valence-corrected chi connectivity index (χ2v) is 7.36. The van der Waals surface area contributed by atoms with Gasteiger partial charge in [0, 0.05) is 6.42 Å². The van der Waals surface area contributed by atoms with Crippen molar-refractivity contribution in [2.75, 3.05) is 11.5 Å². The summed E-state index contributed by atoms with van der Waals surface area (Å²) in [5.74, 6) is -1.75. The van der Waals surface area contributed by atoms with Crippen LogP contribution in [0.3, 0.4) is 0 Å². The molecule has 1 saturated heterocycles. The first kappa shape index (κ1) is 23.4. The predicted molar refractivity (Wildman–Crippen MR) is 112 cm³/mol. The molecule has 1 aliphatic rings. The van der Waals surface area contributed by atoms with Crippen LogP contribution in [0.2, 0.25) is 0 Å². The van der Waals surface area contributed by atoms with Gasteiger partial charge >= 0.3 is 5.97 Å². The summed E-state index contributed by atoms with van der Waals surface area (Å²) in [5, 5.41) is 9.13. The molecule has 2 heterocycles. The Kier molecular flexibility index (Phi) is 7.63. The van der Waals surface area contributed by atoms with Crippen molar-refractivity contribution in [3.8, 4) is 5.88 Å². The first-order chi connectivity index (χ1) is 13.8. The van der Waals surface area contributed by atoms with Gasteiger partial charge in [0.25, 0.3) is 5.56 Å². The molecule has 30 heavy (non-hydrogen) atoms. The molecule has 0 saturated carbocycles. The van der Waals surface area contributed by atoms with E-state index in [1.165, 1.54) is 24.3 Å². The third-order valence-electron chi connectivity index (χ3n) is 4.32. The zero-order valence-electron chi connectivity index (χ0n) is 16.2. The first-order valence-corrected chi connectivity index (χ1v) is 9.86. The lowest BCUT2D eigenvalue weighted by Gasteiger charge is -2.15. The van der Waals surface area contributed by atoms with E-state index in [0.717, 1.165) is 16.7 Å². The summed E-state index contributed by atoms with van der Waals surface area (Å²) in [7, 11) is 0. The highest BCUT2D eigenvalue weighted by Crippen LogP contribution is 2.33. The van der Waals surface area contributed by atoms with E-state index in [1.807, 2.05) is 0 Å². The van der Waals surface area contributed by atoms with Gasteiger partial charge < -0.3 is 14.8 Å². The van der Waals surface area contributed by atoms with E-state index >= 15 is 0 Å². The van der Waals surface area contributed by atoms with Gasteiger partial charge in [-0.25, -0.2) is 9.69 Å². The third kappa shape index (κ3) is 4.65. The number of nitrogens with zero attached hydrogens (tertiary/aromatic N) is 2. The molecule has 0 radical (unpaired) electrons. The molecular weight excluding hydrogens is 434 g/mol. The van der Waals surface area contributed by atoms with Crippen LogP contribution >= 0.6 is 24.2 Å². The molecule has 0 spiro atoms. The minimum Gasteiger partial charge on any atom is -0.493 e. The van der Waals surface area contributed by atoms with Crippen molar-refractivity contribution in [2.45, 2.75) is 37.1 Å². The molecule has 3 rings (SSSR count). The number of hydrogen-bond acceptors (Lipinski definition) is 8. The van der Waals surface area contributed by atoms with E-state index in [1.54, 1.807) is 13.8 Å². The molecule has 1 aromatic carbocycles. The number of carbonyl (C=O) groups is 3. The van der Waals surface area contributed by atoms with Crippen molar-refractivity contribution < 1.29 is 24.2 Å². The minimum atomic E-state index is -0.790. The number of aromatic hydroxyl groups is 1. The van der Waals surface area contributed by atoms with Crippen LogP contribution in [0, 0.1) is 0 Å². The van der Waals surface area contributed by atoms with Gasteiger partial charge in [-0.1, -0.05) is 18.7 Å². The average molecular weight is 454 g/mol. The van der Waals surface area contributed by atoms with Gasteiger partial charge in [0.1, 0.15) is 5.25 Å². The van der Waals surface area contributed by atoms with E-state index in [-0.39, 0.29) is 42.0 Å². The SMILES string of the molecule is CCOC(=O)c1ccc(N2C(=O)CC(Sc3nc(O)c(CC)c(=O)[nH]3)C2=O)cc1.Cl. The van der Waals surface area contributed by atoms with Crippen LogP contribution in [0.1, 0.15) is 36.2 Å². The maximum Gasteiger partial charge on any atom is 0.338 e. The molecule has 1 aliphatic heterocycles. The Morgan fingerprint density at radius 3 is 2.50 bits per heavy atom. The molecule has 2 N–H and O–H groups in total. The molecule has 1 unspecified atom stereocenters. The fourth-order valence-corrected chi connectivity index (χ4v) is 3.90. The monoisotopic (exact) mass is 453 g/mol. The summed E-state index contributed by atoms with van der Waals surface area (Å²) < 4.78 is 4.91. The number of thioether (sulfide) groups is 1. The number of carbonyl (C=O) groups excluding carboxylic acids is 3. The number of aromatic nitrogens is 2. The minimum absolute atomic E-state index is 0. The molecule has 1 aromatic heterocycles. The first-order valence-electron chi connectivity index (χ1n) is 8.98. The fourth-order valence-electron chi connectivity index (χ4n) is 2.90. The van der Waals surface area contributed by atoms with Crippen LogP contribution in [0.4, 0.5) is 5.69 Å². The van der Waals surface area contributed by atoms with Gasteiger partial charge in [-0.2, -0.15) is 4.98 Å². The van der Waals surface area contributed by atoms with Gasteiger partial charge in [-0.05, 0) is 37.6 Å². The maximum absolute atomic E-state index is 12.7. The largest absolute Gasteiger partial charge is 0.493 e. The molecule has 11 heteroatoms. The Bertz CT molecular complexity index is 1020. The van der Waals surface area contributed by atoms with Crippen LogP contribution in [0.15, 0.2) is 34.2 Å². The fraction of sp³-hybridized carbons (Fsp3) is 0.316. The standard InChI is InChI=1S/C19H19N3O6S.ClH/c1-3-12-15(24)20-19(21-16(12)25)29-13-9-14(23)22(17(13)26)11-7-5-10(6-8-11)18(27)28-4-2;/h5-8,13H,3-4,9H2,1-2H3,(H2,20,21,24,25);1H. The van der Waals surface area contributed by atoms with Crippen LogP contribution in [-0.2, 0) is 20.7 Å². The number of anilines is 1. The van der Waals surface area contributed by atoms with Crippen LogP contribution in [0.25, 0.3) is 0 Å². The van der Waals surface area contributed by atoms with Crippen molar-refractivity contribution in [3.63, 3.8) is 0 Å². The molecular formula is C19H20ClN3O6S. The lowest BCUT2D eigenvalue weighted by molar-refractivity contribution is -0.121.